The van der Waals surface area contributed by atoms with E-state index in [1.54, 1.807) is 4.90 Å². The topological polar surface area (TPSA) is 66.8 Å². The highest BCUT2D eigenvalue weighted by Crippen LogP contribution is 2.51. The number of carboxylic acid groups (broad SMARTS) is 1. The van der Waals surface area contributed by atoms with Crippen LogP contribution in [0.5, 0.6) is 5.75 Å². The number of fused-ring (bicyclic) bond motifs is 1. The van der Waals surface area contributed by atoms with Crippen molar-refractivity contribution in [2.75, 3.05) is 20.2 Å². The van der Waals surface area contributed by atoms with Crippen molar-refractivity contribution in [2.45, 2.75) is 0 Å². The third-order valence-corrected chi connectivity index (χ3v) is 4.16. The quantitative estimate of drug-likeness (QED) is 0.904. The number of hydrogen-bond acceptors (Lipinski definition) is 3. The van der Waals surface area contributed by atoms with Gasteiger partial charge >= 0.3 is 5.97 Å². The minimum Gasteiger partial charge on any atom is -0.494 e. The van der Waals surface area contributed by atoms with E-state index in [9.17, 15) is 14.0 Å². The van der Waals surface area contributed by atoms with Crippen LogP contribution in [0, 0.1) is 23.6 Å². The van der Waals surface area contributed by atoms with Crippen molar-refractivity contribution in [1.82, 2.24) is 4.90 Å². The van der Waals surface area contributed by atoms with E-state index in [1.165, 1.54) is 25.3 Å². The Bertz CT molecular complexity index is 577. The smallest absolute Gasteiger partial charge is 0.307 e. The Morgan fingerprint density at radius 2 is 2.00 bits per heavy atom. The number of carboxylic acids is 1. The lowest BCUT2D eigenvalue weighted by atomic mass is 10.1. The SMILES string of the molecule is COc1cc(C(=O)N2C[C@@H]3C(C(=O)O)[C@@H]3C2)ccc1F. The number of amides is 1. The van der Waals surface area contributed by atoms with Gasteiger partial charge in [-0.1, -0.05) is 0 Å². The summed E-state index contributed by atoms with van der Waals surface area (Å²) in [6.45, 7) is 0.917. The summed E-state index contributed by atoms with van der Waals surface area (Å²) < 4.78 is 18.2. The van der Waals surface area contributed by atoms with Crippen LogP contribution < -0.4 is 4.74 Å². The van der Waals surface area contributed by atoms with Gasteiger partial charge in [0.2, 0.25) is 0 Å². The minimum absolute atomic E-state index is 0.0311. The molecule has 3 rings (SSSR count). The van der Waals surface area contributed by atoms with E-state index in [0.717, 1.165) is 0 Å². The van der Waals surface area contributed by atoms with Gasteiger partial charge in [0.25, 0.3) is 5.91 Å². The molecule has 0 aromatic heterocycles. The van der Waals surface area contributed by atoms with E-state index in [1.807, 2.05) is 0 Å². The van der Waals surface area contributed by atoms with Gasteiger partial charge in [-0.2, -0.15) is 0 Å². The lowest BCUT2D eigenvalue weighted by Gasteiger charge is -2.19. The third-order valence-electron chi connectivity index (χ3n) is 4.16. The maximum atomic E-state index is 13.3. The number of halogens is 1. The molecule has 0 bridgehead atoms. The number of likely N-dealkylation sites (tertiary alicyclic amines) is 1. The molecule has 1 amide bonds. The van der Waals surface area contributed by atoms with E-state index in [2.05, 4.69) is 0 Å². The van der Waals surface area contributed by atoms with E-state index in [4.69, 9.17) is 9.84 Å². The second-order valence-corrected chi connectivity index (χ2v) is 5.25. The van der Waals surface area contributed by atoms with E-state index in [0.29, 0.717) is 18.7 Å². The number of carbonyl (C=O) groups excluding carboxylic acids is 1. The maximum absolute atomic E-state index is 13.3. The van der Waals surface area contributed by atoms with Crippen LogP contribution in [0.3, 0.4) is 0 Å². The number of nitrogens with zero attached hydrogens (tertiary/aromatic N) is 1. The summed E-state index contributed by atoms with van der Waals surface area (Å²) in [7, 11) is 1.34. The van der Waals surface area contributed by atoms with Crippen molar-refractivity contribution < 1.29 is 23.8 Å². The molecular weight excluding hydrogens is 265 g/mol. The van der Waals surface area contributed by atoms with Crippen LogP contribution in [-0.2, 0) is 4.79 Å². The molecular formula is C14H14FNO4. The fraction of sp³-hybridized carbons (Fsp3) is 0.429. The minimum atomic E-state index is -0.782. The Hall–Kier alpha value is -2.11. The number of carbonyl (C=O) groups is 2. The highest BCUT2D eigenvalue weighted by atomic mass is 19.1. The van der Waals surface area contributed by atoms with Gasteiger partial charge in [-0.25, -0.2) is 4.39 Å². The molecule has 3 atom stereocenters. The molecule has 0 radical (unpaired) electrons. The van der Waals surface area contributed by atoms with E-state index >= 15 is 0 Å². The lowest BCUT2D eigenvalue weighted by molar-refractivity contribution is -0.139. The van der Waals surface area contributed by atoms with Crippen molar-refractivity contribution in [2.24, 2.45) is 17.8 Å². The highest BCUT2D eigenvalue weighted by molar-refractivity contribution is 5.95. The predicted octanol–water partition coefficient (Wildman–Crippen LogP) is 1.24. The van der Waals surface area contributed by atoms with Crippen molar-refractivity contribution in [3.05, 3.63) is 29.6 Å². The molecule has 6 heteroatoms. The number of hydrogen-bond donors (Lipinski definition) is 1. The molecule has 1 aliphatic heterocycles. The molecule has 2 fully saturated rings. The van der Waals surface area contributed by atoms with Crippen LogP contribution in [0.4, 0.5) is 4.39 Å². The summed E-state index contributed by atoms with van der Waals surface area (Å²) in [6.07, 6.45) is 0. The van der Waals surface area contributed by atoms with Gasteiger partial charge in [-0.3, -0.25) is 9.59 Å². The normalized spacial score (nSPS) is 27.1. The third kappa shape index (κ3) is 1.92. The van der Waals surface area contributed by atoms with Gasteiger partial charge in [-0.05, 0) is 30.0 Å². The molecule has 1 saturated carbocycles. The van der Waals surface area contributed by atoms with Crippen molar-refractivity contribution in [3.8, 4) is 5.75 Å². The van der Waals surface area contributed by atoms with Crippen LogP contribution in [0.15, 0.2) is 18.2 Å². The van der Waals surface area contributed by atoms with E-state index < -0.39 is 11.8 Å². The summed E-state index contributed by atoms with van der Waals surface area (Å²) >= 11 is 0. The lowest BCUT2D eigenvalue weighted by Crippen LogP contribution is -2.32. The number of ether oxygens (including phenoxy) is 1. The Morgan fingerprint density at radius 3 is 2.55 bits per heavy atom. The molecule has 0 spiro atoms. The Kier molecular flexibility index (Phi) is 2.88. The second kappa shape index (κ2) is 4.47. The number of aliphatic carboxylic acids is 1. The average molecular weight is 279 g/mol. The zero-order chi connectivity index (χ0) is 14.4. The summed E-state index contributed by atoms with van der Waals surface area (Å²) in [5.41, 5.74) is 0.358. The predicted molar refractivity (Wildman–Crippen MR) is 67.0 cm³/mol. The van der Waals surface area contributed by atoms with Crippen LogP contribution in [-0.4, -0.2) is 42.1 Å². The summed E-state index contributed by atoms with van der Waals surface area (Å²) in [6, 6.07) is 3.98. The first-order chi connectivity index (χ1) is 9.52. The molecule has 2 aliphatic rings. The van der Waals surface area contributed by atoms with Crippen LogP contribution in [0.1, 0.15) is 10.4 Å². The van der Waals surface area contributed by atoms with E-state index in [-0.39, 0.29) is 29.4 Å². The maximum Gasteiger partial charge on any atom is 0.307 e. The molecule has 1 aromatic rings. The van der Waals surface area contributed by atoms with Gasteiger partial charge in [0, 0.05) is 18.7 Å². The molecule has 1 unspecified atom stereocenters. The Balaban J connectivity index is 1.71. The molecule has 1 aliphatic carbocycles. The molecule has 1 saturated heterocycles. The van der Waals surface area contributed by atoms with Crippen LogP contribution >= 0.6 is 0 Å². The van der Waals surface area contributed by atoms with Crippen LogP contribution in [0.2, 0.25) is 0 Å². The van der Waals surface area contributed by atoms with Gasteiger partial charge in [0.15, 0.2) is 11.6 Å². The first kappa shape index (κ1) is 12.9. The molecule has 20 heavy (non-hydrogen) atoms. The van der Waals surface area contributed by atoms with Crippen molar-refractivity contribution in [1.29, 1.82) is 0 Å². The summed E-state index contributed by atoms with van der Waals surface area (Å²) in [5, 5.41) is 8.94. The summed E-state index contributed by atoms with van der Waals surface area (Å²) in [4.78, 5) is 24.8. The largest absolute Gasteiger partial charge is 0.494 e. The van der Waals surface area contributed by atoms with Gasteiger partial charge in [-0.15, -0.1) is 0 Å². The van der Waals surface area contributed by atoms with Crippen molar-refractivity contribution in [3.63, 3.8) is 0 Å². The zero-order valence-corrected chi connectivity index (χ0v) is 10.9. The number of piperidine rings is 1. The first-order valence-electron chi connectivity index (χ1n) is 6.38. The fourth-order valence-corrected chi connectivity index (χ4v) is 3.03. The Labute approximate surface area is 114 Å². The monoisotopic (exact) mass is 279 g/mol. The van der Waals surface area contributed by atoms with Gasteiger partial charge < -0.3 is 14.7 Å². The molecule has 1 N–H and O–H groups in total. The van der Waals surface area contributed by atoms with Crippen LogP contribution in [0.25, 0.3) is 0 Å². The standard InChI is InChI=1S/C14H14FNO4/c1-20-11-4-7(2-3-10(11)15)13(17)16-5-8-9(6-16)12(8)14(18)19/h2-4,8-9,12H,5-6H2,1H3,(H,18,19)/t8-,9+,12?. The zero-order valence-electron chi connectivity index (χ0n) is 10.9. The van der Waals surface area contributed by atoms with Crippen molar-refractivity contribution >= 4 is 11.9 Å². The average Bonchev–Trinajstić information content (AvgIpc) is 2.95. The highest BCUT2D eigenvalue weighted by Gasteiger charge is 2.60. The molecule has 1 heterocycles. The fourth-order valence-electron chi connectivity index (χ4n) is 3.03. The van der Waals surface area contributed by atoms with Gasteiger partial charge in [0.1, 0.15) is 0 Å². The number of rotatable bonds is 3. The Morgan fingerprint density at radius 1 is 1.35 bits per heavy atom. The van der Waals surface area contributed by atoms with Gasteiger partial charge in [0.05, 0.1) is 13.0 Å². The number of methoxy groups -OCH3 is 1. The molecule has 106 valence electrons. The molecule has 1 aromatic carbocycles. The first-order valence-corrected chi connectivity index (χ1v) is 6.38. The second-order valence-electron chi connectivity index (χ2n) is 5.25. The number of benzene rings is 1. The summed E-state index contributed by atoms with van der Waals surface area (Å²) in [5.74, 6) is -1.64. The molecule has 5 nitrogen and oxygen atoms in total.